The van der Waals surface area contributed by atoms with Crippen molar-refractivity contribution in [1.29, 1.82) is 0 Å². The highest BCUT2D eigenvalue weighted by atomic mass is 15.1. The highest BCUT2D eigenvalue weighted by Gasteiger charge is 2.21. The van der Waals surface area contributed by atoms with Crippen LogP contribution in [0.3, 0.4) is 0 Å². The molecule has 0 aromatic rings. The molecule has 1 nitrogen and oxygen atoms in total. The van der Waals surface area contributed by atoms with E-state index in [1.807, 2.05) is 0 Å². The van der Waals surface area contributed by atoms with E-state index in [0.29, 0.717) is 0 Å². The normalized spacial score (nSPS) is 36.3. The standard InChI is InChI=1S/C9H19N/c1-4-9-7-10(3)6-5-8(9)2/h8-9H,4-7H2,1-3H3. The van der Waals surface area contributed by atoms with Crippen LogP contribution in [-0.2, 0) is 0 Å². The number of nitrogens with zero attached hydrogens (tertiary/aromatic N) is 1. The Morgan fingerprint density at radius 2 is 2.20 bits per heavy atom. The van der Waals surface area contributed by atoms with Crippen molar-refractivity contribution in [2.45, 2.75) is 26.7 Å². The molecule has 1 fully saturated rings. The van der Waals surface area contributed by atoms with Gasteiger partial charge in [0.2, 0.25) is 0 Å². The van der Waals surface area contributed by atoms with Crippen molar-refractivity contribution in [3.05, 3.63) is 0 Å². The van der Waals surface area contributed by atoms with E-state index < -0.39 is 0 Å². The third-order valence-corrected chi connectivity index (χ3v) is 2.84. The molecule has 0 aromatic carbocycles. The third kappa shape index (κ3) is 1.72. The zero-order chi connectivity index (χ0) is 7.56. The molecule has 0 radical (unpaired) electrons. The molecule has 1 aliphatic rings. The van der Waals surface area contributed by atoms with Crippen molar-refractivity contribution in [3.8, 4) is 0 Å². The van der Waals surface area contributed by atoms with Gasteiger partial charge < -0.3 is 4.90 Å². The van der Waals surface area contributed by atoms with E-state index in [-0.39, 0.29) is 0 Å². The molecule has 1 heterocycles. The van der Waals surface area contributed by atoms with Crippen molar-refractivity contribution in [2.24, 2.45) is 11.8 Å². The summed E-state index contributed by atoms with van der Waals surface area (Å²) in [5, 5.41) is 0. The second-order valence-corrected chi connectivity index (χ2v) is 3.70. The SMILES string of the molecule is CCC1CN(C)CCC1C. The topological polar surface area (TPSA) is 3.24 Å². The predicted molar refractivity (Wildman–Crippen MR) is 45.1 cm³/mol. The molecule has 60 valence electrons. The van der Waals surface area contributed by atoms with Gasteiger partial charge in [-0.1, -0.05) is 20.3 Å². The average molecular weight is 141 g/mol. The maximum atomic E-state index is 2.45. The molecule has 2 atom stereocenters. The maximum absolute atomic E-state index is 2.45. The lowest BCUT2D eigenvalue weighted by atomic mass is 9.85. The van der Waals surface area contributed by atoms with E-state index in [2.05, 4.69) is 25.8 Å². The summed E-state index contributed by atoms with van der Waals surface area (Å²) in [4.78, 5) is 2.45. The fourth-order valence-electron chi connectivity index (χ4n) is 1.86. The number of hydrogen-bond acceptors (Lipinski definition) is 1. The summed E-state index contributed by atoms with van der Waals surface area (Å²) in [5.41, 5.74) is 0. The van der Waals surface area contributed by atoms with Crippen LogP contribution < -0.4 is 0 Å². The molecule has 2 unspecified atom stereocenters. The van der Waals surface area contributed by atoms with Gasteiger partial charge in [0.1, 0.15) is 0 Å². The zero-order valence-electron chi connectivity index (χ0n) is 7.43. The fraction of sp³-hybridized carbons (Fsp3) is 1.00. The summed E-state index contributed by atoms with van der Waals surface area (Å²) in [7, 11) is 2.23. The highest BCUT2D eigenvalue weighted by molar-refractivity contribution is 4.74. The Bertz CT molecular complexity index is 101. The number of piperidine rings is 1. The van der Waals surface area contributed by atoms with Crippen LogP contribution in [0.25, 0.3) is 0 Å². The van der Waals surface area contributed by atoms with E-state index >= 15 is 0 Å². The van der Waals surface area contributed by atoms with Crippen molar-refractivity contribution < 1.29 is 0 Å². The van der Waals surface area contributed by atoms with Gasteiger partial charge >= 0.3 is 0 Å². The Morgan fingerprint density at radius 3 is 2.70 bits per heavy atom. The van der Waals surface area contributed by atoms with Crippen LogP contribution in [0.4, 0.5) is 0 Å². The lowest BCUT2D eigenvalue weighted by Crippen LogP contribution is -2.36. The van der Waals surface area contributed by atoms with Crippen LogP contribution in [0.5, 0.6) is 0 Å². The van der Waals surface area contributed by atoms with Crippen LogP contribution in [0.1, 0.15) is 26.7 Å². The van der Waals surface area contributed by atoms with E-state index in [9.17, 15) is 0 Å². The second-order valence-electron chi connectivity index (χ2n) is 3.70. The number of likely N-dealkylation sites (tertiary alicyclic amines) is 1. The quantitative estimate of drug-likeness (QED) is 0.540. The molecule has 1 aliphatic heterocycles. The highest BCUT2D eigenvalue weighted by Crippen LogP contribution is 2.24. The van der Waals surface area contributed by atoms with E-state index in [0.717, 1.165) is 11.8 Å². The minimum Gasteiger partial charge on any atom is -0.306 e. The second kappa shape index (κ2) is 3.38. The molecule has 0 bridgehead atoms. The Hall–Kier alpha value is -0.0400. The molecule has 0 amide bonds. The van der Waals surface area contributed by atoms with Crippen LogP contribution >= 0.6 is 0 Å². The summed E-state index contributed by atoms with van der Waals surface area (Å²) in [6, 6.07) is 0. The molecule has 1 rings (SSSR count). The first-order valence-corrected chi connectivity index (χ1v) is 4.42. The molecular weight excluding hydrogens is 122 g/mol. The summed E-state index contributed by atoms with van der Waals surface area (Å²) >= 11 is 0. The summed E-state index contributed by atoms with van der Waals surface area (Å²) in [6.45, 7) is 7.32. The van der Waals surface area contributed by atoms with Crippen LogP contribution in [0.2, 0.25) is 0 Å². The van der Waals surface area contributed by atoms with Gasteiger partial charge in [0, 0.05) is 6.54 Å². The molecular formula is C9H19N. The summed E-state index contributed by atoms with van der Waals surface area (Å²) < 4.78 is 0. The minimum atomic E-state index is 0.957. The minimum absolute atomic E-state index is 0.957. The fourth-order valence-corrected chi connectivity index (χ4v) is 1.86. The first-order valence-electron chi connectivity index (χ1n) is 4.42. The monoisotopic (exact) mass is 141 g/mol. The van der Waals surface area contributed by atoms with E-state index in [4.69, 9.17) is 0 Å². The lowest BCUT2D eigenvalue weighted by molar-refractivity contribution is 0.150. The van der Waals surface area contributed by atoms with Crippen LogP contribution in [0.15, 0.2) is 0 Å². The summed E-state index contributed by atoms with van der Waals surface area (Å²) in [6.07, 6.45) is 2.75. The largest absolute Gasteiger partial charge is 0.306 e. The Labute approximate surface area is 64.4 Å². The first kappa shape index (κ1) is 8.06. The molecule has 0 N–H and O–H groups in total. The molecule has 0 aromatic heterocycles. The molecule has 1 heteroatoms. The molecule has 1 saturated heterocycles. The van der Waals surface area contributed by atoms with Gasteiger partial charge in [-0.25, -0.2) is 0 Å². The first-order chi connectivity index (χ1) is 4.74. The predicted octanol–water partition coefficient (Wildman–Crippen LogP) is 1.98. The van der Waals surface area contributed by atoms with Gasteiger partial charge in [0.15, 0.2) is 0 Å². The molecule has 0 spiro atoms. The van der Waals surface area contributed by atoms with E-state index in [1.54, 1.807) is 0 Å². The van der Waals surface area contributed by atoms with Crippen molar-refractivity contribution >= 4 is 0 Å². The third-order valence-electron chi connectivity index (χ3n) is 2.84. The average Bonchev–Trinajstić information content (AvgIpc) is 1.94. The van der Waals surface area contributed by atoms with Crippen molar-refractivity contribution in [2.75, 3.05) is 20.1 Å². The molecule has 0 saturated carbocycles. The number of rotatable bonds is 1. The zero-order valence-corrected chi connectivity index (χ0v) is 7.43. The molecule has 10 heavy (non-hydrogen) atoms. The number of hydrogen-bond donors (Lipinski definition) is 0. The smallest absolute Gasteiger partial charge is 0.000906 e. The van der Waals surface area contributed by atoms with Crippen molar-refractivity contribution in [1.82, 2.24) is 4.90 Å². The summed E-state index contributed by atoms with van der Waals surface area (Å²) in [5.74, 6) is 1.92. The maximum Gasteiger partial charge on any atom is 0.000906 e. The molecule has 0 aliphatic carbocycles. The Balaban J connectivity index is 2.38. The van der Waals surface area contributed by atoms with Gasteiger partial charge in [0.05, 0.1) is 0 Å². The van der Waals surface area contributed by atoms with Crippen LogP contribution in [0, 0.1) is 11.8 Å². The van der Waals surface area contributed by atoms with E-state index in [1.165, 1.54) is 25.9 Å². The van der Waals surface area contributed by atoms with Gasteiger partial charge in [0.25, 0.3) is 0 Å². The Kier molecular flexibility index (Phi) is 2.72. The van der Waals surface area contributed by atoms with Gasteiger partial charge in [-0.3, -0.25) is 0 Å². The van der Waals surface area contributed by atoms with Crippen LogP contribution in [-0.4, -0.2) is 25.0 Å². The van der Waals surface area contributed by atoms with Gasteiger partial charge in [-0.15, -0.1) is 0 Å². The van der Waals surface area contributed by atoms with Gasteiger partial charge in [-0.05, 0) is 31.8 Å². The van der Waals surface area contributed by atoms with Crippen molar-refractivity contribution in [3.63, 3.8) is 0 Å². The van der Waals surface area contributed by atoms with Gasteiger partial charge in [-0.2, -0.15) is 0 Å². The Morgan fingerprint density at radius 1 is 1.50 bits per heavy atom. The lowest BCUT2D eigenvalue weighted by Gasteiger charge is -2.34.